The Balaban J connectivity index is 1.74. The van der Waals surface area contributed by atoms with Gasteiger partial charge in [0.05, 0.1) is 0 Å². The molecule has 3 nitrogen and oxygen atoms in total. The van der Waals surface area contributed by atoms with Crippen LogP contribution in [-0.4, -0.2) is 30.3 Å². The minimum atomic E-state index is -0.0842. The molecule has 2 aromatic carbocycles. The van der Waals surface area contributed by atoms with Crippen LogP contribution in [0.5, 0.6) is 5.75 Å². The molecule has 142 valence electrons. The molecule has 1 atom stereocenters. The molecule has 1 amide bonds. The SMILES string of the molecule is CN(CCC(Oc1cccc2ccccc12)c1cccs1)C(=O)CCCCl. The van der Waals surface area contributed by atoms with Gasteiger partial charge in [-0.15, -0.1) is 22.9 Å². The fourth-order valence-electron chi connectivity index (χ4n) is 3.03. The Labute approximate surface area is 169 Å². The predicted octanol–water partition coefficient (Wildman–Crippen LogP) is 5.89. The number of fused-ring (bicyclic) bond motifs is 1. The summed E-state index contributed by atoms with van der Waals surface area (Å²) in [5, 5.41) is 4.32. The van der Waals surface area contributed by atoms with E-state index in [1.165, 1.54) is 4.88 Å². The lowest BCUT2D eigenvalue weighted by atomic mass is 10.1. The summed E-state index contributed by atoms with van der Waals surface area (Å²) in [6.45, 7) is 0.647. The van der Waals surface area contributed by atoms with Gasteiger partial charge >= 0.3 is 0 Å². The number of rotatable bonds is 9. The number of carbonyl (C=O) groups is 1. The van der Waals surface area contributed by atoms with Crippen molar-refractivity contribution in [3.05, 3.63) is 64.9 Å². The predicted molar refractivity (Wildman–Crippen MR) is 114 cm³/mol. The third-order valence-corrected chi connectivity index (χ3v) is 5.79. The van der Waals surface area contributed by atoms with Crippen LogP contribution in [0.25, 0.3) is 10.8 Å². The lowest BCUT2D eigenvalue weighted by Gasteiger charge is -2.23. The van der Waals surface area contributed by atoms with Crippen molar-refractivity contribution in [2.24, 2.45) is 0 Å². The normalized spacial score (nSPS) is 12.1. The monoisotopic (exact) mass is 401 g/mol. The van der Waals surface area contributed by atoms with Crippen LogP contribution in [-0.2, 0) is 4.79 Å². The fourth-order valence-corrected chi connectivity index (χ4v) is 3.95. The van der Waals surface area contributed by atoms with Crippen molar-refractivity contribution in [3.8, 4) is 5.75 Å². The molecule has 0 saturated heterocycles. The van der Waals surface area contributed by atoms with Crippen molar-refractivity contribution < 1.29 is 9.53 Å². The highest BCUT2D eigenvalue weighted by atomic mass is 35.5. The van der Waals surface area contributed by atoms with Crippen LogP contribution in [0.3, 0.4) is 0 Å². The van der Waals surface area contributed by atoms with Crippen molar-refractivity contribution in [2.75, 3.05) is 19.5 Å². The van der Waals surface area contributed by atoms with Crippen molar-refractivity contribution in [3.63, 3.8) is 0 Å². The largest absolute Gasteiger partial charge is 0.484 e. The lowest BCUT2D eigenvalue weighted by Crippen LogP contribution is -2.29. The van der Waals surface area contributed by atoms with Crippen LogP contribution in [0, 0.1) is 0 Å². The Morgan fingerprint density at radius 1 is 1.15 bits per heavy atom. The number of ether oxygens (including phenoxy) is 1. The van der Waals surface area contributed by atoms with E-state index in [2.05, 4.69) is 29.6 Å². The maximum atomic E-state index is 12.2. The average molecular weight is 402 g/mol. The second kappa shape index (κ2) is 9.77. The zero-order valence-electron chi connectivity index (χ0n) is 15.4. The first kappa shape index (κ1) is 19.7. The van der Waals surface area contributed by atoms with Crippen molar-refractivity contribution in [1.82, 2.24) is 4.90 Å². The minimum absolute atomic E-state index is 0.0842. The van der Waals surface area contributed by atoms with Gasteiger partial charge in [-0.1, -0.05) is 42.5 Å². The second-order valence-electron chi connectivity index (χ2n) is 6.50. The van der Waals surface area contributed by atoms with Gasteiger partial charge in [-0.2, -0.15) is 0 Å². The molecule has 1 unspecified atom stereocenters. The van der Waals surface area contributed by atoms with Crippen molar-refractivity contribution >= 4 is 39.6 Å². The summed E-state index contributed by atoms with van der Waals surface area (Å²) in [5.74, 6) is 1.52. The Kier molecular flexibility index (Phi) is 7.13. The van der Waals surface area contributed by atoms with E-state index in [9.17, 15) is 4.79 Å². The van der Waals surface area contributed by atoms with Gasteiger partial charge in [-0.05, 0) is 29.3 Å². The summed E-state index contributed by atoms with van der Waals surface area (Å²) in [5.41, 5.74) is 0. The van der Waals surface area contributed by atoms with Crippen LogP contribution in [0.15, 0.2) is 60.0 Å². The lowest BCUT2D eigenvalue weighted by molar-refractivity contribution is -0.130. The molecular formula is C22H24ClNO2S. The minimum Gasteiger partial charge on any atom is -0.484 e. The highest BCUT2D eigenvalue weighted by Crippen LogP contribution is 2.32. The smallest absolute Gasteiger partial charge is 0.222 e. The summed E-state index contributed by atoms with van der Waals surface area (Å²) in [7, 11) is 1.85. The van der Waals surface area contributed by atoms with Gasteiger partial charge in [0.25, 0.3) is 0 Å². The molecule has 0 aliphatic carbocycles. The molecule has 5 heteroatoms. The standard InChI is InChI=1S/C22H24ClNO2S/c1-24(22(25)12-5-14-23)15-13-20(21-11-6-16-27-21)26-19-10-4-8-17-7-2-3-9-18(17)19/h2-4,6-11,16,20H,5,12-15H2,1H3. The highest BCUT2D eigenvalue weighted by Gasteiger charge is 2.18. The molecule has 0 N–H and O–H groups in total. The topological polar surface area (TPSA) is 29.5 Å². The Morgan fingerprint density at radius 2 is 1.96 bits per heavy atom. The van der Waals surface area contributed by atoms with Gasteiger partial charge in [0.15, 0.2) is 0 Å². The number of amides is 1. The number of hydrogen-bond donors (Lipinski definition) is 0. The molecule has 0 saturated carbocycles. The van der Waals surface area contributed by atoms with E-state index in [0.29, 0.717) is 25.3 Å². The van der Waals surface area contributed by atoms with E-state index in [1.807, 2.05) is 37.4 Å². The van der Waals surface area contributed by atoms with Crippen LogP contribution < -0.4 is 4.74 Å². The molecule has 3 aromatic rings. The zero-order valence-corrected chi connectivity index (χ0v) is 17.0. The first-order chi connectivity index (χ1) is 13.2. The van der Waals surface area contributed by atoms with Gasteiger partial charge < -0.3 is 9.64 Å². The van der Waals surface area contributed by atoms with Crippen LogP contribution >= 0.6 is 22.9 Å². The van der Waals surface area contributed by atoms with Crippen molar-refractivity contribution in [1.29, 1.82) is 0 Å². The molecule has 0 spiro atoms. The second-order valence-corrected chi connectivity index (χ2v) is 7.85. The number of nitrogens with zero attached hydrogens (tertiary/aromatic N) is 1. The number of carbonyl (C=O) groups excluding carboxylic acids is 1. The molecule has 3 rings (SSSR count). The summed E-state index contributed by atoms with van der Waals surface area (Å²) in [6, 6.07) is 18.5. The summed E-state index contributed by atoms with van der Waals surface area (Å²) in [6.07, 6.45) is 1.87. The summed E-state index contributed by atoms with van der Waals surface area (Å²) < 4.78 is 6.43. The molecule has 1 heterocycles. The van der Waals surface area contributed by atoms with E-state index in [0.717, 1.165) is 22.9 Å². The van der Waals surface area contributed by atoms with Gasteiger partial charge in [0.2, 0.25) is 5.91 Å². The number of halogens is 1. The third-order valence-electron chi connectivity index (χ3n) is 4.56. The van der Waals surface area contributed by atoms with Gasteiger partial charge in [0.1, 0.15) is 11.9 Å². The fraction of sp³-hybridized carbons (Fsp3) is 0.318. The number of hydrogen-bond acceptors (Lipinski definition) is 3. The first-order valence-corrected chi connectivity index (χ1v) is 10.6. The maximum absolute atomic E-state index is 12.2. The first-order valence-electron chi connectivity index (χ1n) is 9.17. The molecule has 0 fully saturated rings. The molecule has 1 aromatic heterocycles. The van der Waals surface area contributed by atoms with E-state index in [4.69, 9.17) is 16.3 Å². The molecule has 0 bridgehead atoms. The molecule has 27 heavy (non-hydrogen) atoms. The summed E-state index contributed by atoms with van der Waals surface area (Å²) in [4.78, 5) is 15.1. The van der Waals surface area contributed by atoms with Gasteiger partial charge in [-0.25, -0.2) is 0 Å². The number of thiophene rings is 1. The van der Waals surface area contributed by atoms with E-state index in [1.54, 1.807) is 16.2 Å². The van der Waals surface area contributed by atoms with Crippen LogP contribution in [0.1, 0.15) is 30.2 Å². The van der Waals surface area contributed by atoms with E-state index < -0.39 is 0 Å². The van der Waals surface area contributed by atoms with Gasteiger partial charge in [-0.3, -0.25) is 4.79 Å². The van der Waals surface area contributed by atoms with E-state index in [-0.39, 0.29) is 12.0 Å². The zero-order chi connectivity index (χ0) is 19.1. The quantitative estimate of drug-likeness (QED) is 0.418. The average Bonchev–Trinajstić information content (AvgIpc) is 3.23. The third kappa shape index (κ3) is 5.24. The van der Waals surface area contributed by atoms with E-state index >= 15 is 0 Å². The number of benzene rings is 2. The van der Waals surface area contributed by atoms with Crippen LogP contribution in [0.4, 0.5) is 0 Å². The number of alkyl halides is 1. The maximum Gasteiger partial charge on any atom is 0.222 e. The Morgan fingerprint density at radius 3 is 2.74 bits per heavy atom. The van der Waals surface area contributed by atoms with Gasteiger partial charge in [0, 0.05) is 42.6 Å². The molecule has 0 aliphatic heterocycles. The molecule has 0 radical (unpaired) electrons. The Bertz CT molecular complexity index is 860. The Hall–Kier alpha value is -2.04. The molecular weight excluding hydrogens is 378 g/mol. The summed E-state index contributed by atoms with van der Waals surface area (Å²) >= 11 is 7.38. The molecule has 0 aliphatic rings. The highest BCUT2D eigenvalue weighted by molar-refractivity contribution is 7.10. The van der Waals surface area contributed by atoms with Crippen LogP contribution in [0.2, 0.25) is 0 Å². The van der Waals surface area contributed by atoms with Crippen molar-refractivity contribution in [2.45, 2.75) is 25.4 Å².